The lowest BCUT2D eigenvalue weighted by atomic mass is 9.85. The zero-order valence-electron chi connectivity index (χ0n) is 32.8. The predicted octanol–water partition coefficient (Wildman–Crippen LogP) is 6.13. The van der Waals surface area contributed by atoms with Crippen LogP contribution in [-0.2, 0) is 37.0 Å². The van der Waals surface area contributed by atoms with Gasteiger partial charge in [0.15, 0.2) is 6.29 Å². The third kappa shape index (κ3) is 9.91. The zero-order valence-corrected chi connectivity index (χ0v) is 32.8. The van der Waals surface area contributed by atoms with Crippen molar-refractivity contribution in [3.63, 3.8) is 0 Å². The number of para-hydroxylation sites is 1. The molecule has 3 fully saturated rings. The number of nitrogens with zero attached hydrogens (tertiary/aromatic N) is 2. The number of piperidine rings is 1. The van der Waals surface area contributed by atoms with Crippen LogP contribution in [0.3, 0.4) is 0 Å². The number of benzene rings is 4. The minimum Gasteiger partial charge on any atom is -0.392 e. The number of carbonyl (C=O) groups excluding carboxylic acids is 3. The van der Waals surface area contributed by atoms with Crippen LogP contribution >= 0.6 is 0 Å². The van der Waals surface area contributed by atoms with Crippen LogP contribution in [0.5, 0.6) is 0 Å². The highest BCUT2D eigenvalue weighted by molar-refractivity contribution is 5.93. The van der Waals surface area contributed by atoms with E-state index in [-0.39, 0.29) is 36.5 Å². The SMILES string of the molecule is CC(=O)NCCCCCC(=O)NCc1ccccc1-c1ccc([C@H]2O[C@@H](CN3CCC4(CC3)C(=O)NCN4c3ccccc3)C[C@@H](c3ccc(CO)cc3)O2)cc1. The van der Waals surface area contributed by atoms with Crippen molar-refractivity contribution in [3.8, 4) is 11.1 Å². The maximum atomic E-state index is 13.3. The number of hydrogen-bond acceptors (Lipinski definition) is 8. The Morgan fingerprint density at radius 3 is 2.30 bits per heavy atom. The third-order valence-electron chi connectivity index (χ3n) is 11.6. The molecule has 3 aliphatic rings. The number of hydrogen-bond donors (Lipinski definition) is 4. The second-order valence-electron chi connectivity index (χ2n) is 15.5. The highest BCUT2D eigenvalue weighted by atomic mass is 16.7. The molecule has 0 unspecified atom stereocenters. The minimum absolute atomic E-state index is 0.0136. The van der Waals surface area contributed by atoms with Crippen LogP contribution in [0.2, 0.25) is 0 Å². The molecule has 57 heavy (non-hydrogen) atoms. The van der Waals surface area contributed by atoms with Crippen LogP contribution < -0.4 is 20.9 Å². The zero-order chi connectivity index (χ0) is 39.6. The molecule has 4 N–H and O–H groups in total. The lowest BCUT2D eigenvalue weighted by molar-refractivity contribution is -0.253. The number of ether oxygens (including phenoxy) is 2. The van der Waals surface area contributed by atoms with E-state index >= 15 is 0 Å². The summed E-state index contributed by atoms with van der Waals surface area (Å²) >= 11 is 0. The van der Waals surface area contributed by atoms with Gasteiger partial charge in [-0.1, -0.05) is 97.4 Å². The first-order valence-electron chi connectivity index (χ1n) is 20.3. The summed E-state index contributed by atoms with van der Waals surface area (Å²) in [5.41, 5.74) is 6.46. The molecule has 4 aromatic carbocycles. The number of aliphatic hydroxyl groups is 1. The van der Waals surface area contributed by atoms with Gasteiger partial charge in [0.05, 0.1) is 25.5 Å². The molecule has 300 valence electrons. The Morgan fingerprint density at radius 1 is 0.842 bits per heavy atom. The predicted molar refractivity (Wildman–Crippen MR) is 220 cm³/mol. The fraction of sp³-hybridized carbons (Fsp3) is 0.413. The maximum Gasteiger partial charge on any atom is 0.247 e. The van der Waals surface area contributed by atoms with Gasteiger partial charge in [0.1, 0.15) is 5.54 Å². The van der Waals surface area contributed by atoms with Gasteiger partial charge in [-0.3, -0.25) is 14.4 Å². The van der Waals surface area contributed by atoms with Gasteiger partial charge in [0.2, 0.25) is 17.7 Å². The van der Waals surface area contributed by atoms with Crippen LogP contribution in [-0.4, -0.2) is 72.2 Å². The standard InChI is InChI=1S/C46H55N5O6/c1-33(53)47-25-9-3-6-14-43(54)48-29-38-10-7-8-13-41(38)35-19-21-37(22-20-35)44-56-40(28-42(57-44)36-17-15-34(31-52)16-18-36)30-50-26-23-46(24-27-50)45(55)49-32-51(46)39-11-4-2-5-12-39/h2,4-5,7-8,10-13,15-22,40,42,44,52H,3,6,9,14,23-32H2,1H3,(H,47,53)(H,48,54)(H,49,55)/t40-,42+,44+/m1/s1. The van der Waals surface area contributed by atoms with Crippen molar-refractivity contribution in [2.45, 2.75) is 89.1 Å². The number of nitrogens with one attached hydrogen (secondary N) is 3. The molecule has 0 saturated carbocycles. The molecule has 0 aromatic heterocycles. The second-order valence-corrected chi connectivity index (χ2v) is 15.5. The van der Waals surface area contributed by atoms with Crippen LogP contribution in [0, 0.1) is 0 Å². The lowest BCUT2D eigenvalue weighted by Crippen LogP contribution is -2.57. The molecule has 3 heterocycles. The van der Waals surface area contributed by atoms with Crippen LogP contribution in [0.15, 0.2) is 103 Å². The molecule has 0 bridgehead atoms. The van der Waals surface area contributed by atoms with Crippen molar-refractivity contribution in [1.82, 2.24) is 20.9 Å². The normalized spacial score (nSPS) is 20.6. The van der Waals surface area contributed by atoms with E-state index in [9.17, 15) is 19.5 Å². The molecular formula is C46H55N5O6. The monoisotopic (exact) mass is 773 g/mol. The summed E-state index contributed by atoms with van der Waals surface area (Å²) in [7, 11) is 0. The topological polar surface area (TPSA) is 132 Å². The maximum absolute atomic E-state index is 13.3. The van der Waals surface area contributed by atoms with Gasteiger partial charge >= 0.3 is 0 Å². The van der Waals surface area contributed by atoms with Gasteiger partial charge in [-0.05, 0) is 65.6 Å². The largest absolute Gasteiger partial charge is 0.392 e. The van der Waals surface area contributed by atoms with Gasteiger partial charge in [-0.15, -0.1) is 0 Å². The van der Waals surface area contributed by atoms with E-state index in [2.05, 4.69) is 68.2 Å². The second kappa shape index (κ2) is 18.9. The molecule has 1 spiro atoms. The molecule has 7 rings (SSSR count). The van der Waals surface area contributed by atoms with E-state index < -0.39 is 11.8 Å². The molecule has 3 atom stereocenters. The van der Waals surface area contributed by atoms with Crippen molar-refractivity contribution >= 4 is 23.4 Å². The number of rotatable bonds is 15. The molecule has 3 amide bonds. The number of aliphatic hydroxyl groups excluding tert-OH is 1. The quantitative estimate of drug-likeness (QED) is 0.106. The van der Waals surface area contributed by atoms with Crippen molar-refractivity contribution in [3.05, 3.63) is 125 Å². The van der Waals surface area contributed by atoms with Crippen LogP contribution in [0.1, 0.15) is 86.5 Å². The summed E-state index contributed by atoms with van der Waals surface area (Å²) in [5, 5.41) is 18.6. The van der Waals surface area contributed by atoms with Crippen molar-refractivity contribution in [1.29, 1.82) is 0 Å². The summed E-state index contributed by atoms with van der Waals surface area (Å²) in [4.78, 5) is 41.6. The van der Waals surface area contributed by atoms with Gasteiger partial charge < -0.3 is 40.3 Å². The Balaban J connectivity index is 1.00. The fourth-order valence-corrected chi connectivity index (χ4v) is 8.37. The fourth-order valence-electron chi connectivity index (χ4n) is 8.37. The first-order chi connectivity index (χ1) is 27.8. The number of amides is 3. The third-order valence-corrected chi connectivity index (χ3v) is 11.6. The molecule has 11 nitrogen and oxygen atoms in total. The number of anilines is 1. The van der Waals surface area contributed by atoms with E-state index in [0.717, 1.165) is 90.8 Å². The van der Waals surface area contributed by atoms with Gasteiger partial charge in [-0.2, -0.15) is 0 Å². The first-order valence-corrected chi connectivity index (χ1v) is 20.3. The van der Waals surface area contributed by atoms with E-state index in [1.807, 2.05) is 60.7 Å². The van der Waals surface area contributed by atoms with E-state index in [1.165, 1.54) is 6.92 Å². The number of likely N-dealkylation sites (tertiary alicyclic amines) is 1. The molecule has 0 radical (unpaired) electrons. The number of unbranched alkanes of at least 4 members (excludes halogenated alkanes) is 2. The van der Waals surface area contributed by atoms with Crippen LogP contribution in [0.4, 0.5) is 5.69 Å². The van der Waals surface area contributed by atoms with Gasteiger partial charge in [0.25, 0.3) is 0 Å². The van der Waals surface area contributed by atoms with Crippen molar-refractivity contribution in [2.75, 3.05) is 37.7 Å². The van der Waals surface area contributed by atoms with Crippen LogP contribution in [0.25, 0.3) is 11.1 Å². The Kier molecular flexibility index (Phi) is 13.3. The van der Waals surface area contributed by atoms with Crippen molar-refractivity contribution in [2.24, 2.45) is 0 Å². The van der Waals surface area contributed by atoms with E-state index in [4.69, 9.17) is 9.47 Å². The first kappa shape index (κ1) is 40.1. The summed E-state index contributed by atoms with van der Waals surface area (Å²) in [6.07, 6.45) is 4.23. The van der Waals surface area contributed by atoms with Crippen molar-refractivity contribution < 1.29 is 29.0 Å². The molecule has 11 heteroatoms. The highest BCUT2D eigenvalue weighted by Crippen LogP contribution is 2.40. The molecule has 0 aliphatic carbocycles. The Bertz CT molecular complexity index is 1950. The average Bonchev–Trinajstić information content (AvgIpc) is 3.56. The highest BCUT2D eigenvalue weighted by Gasteiger charge is 2.50. The van der Waals surface area contributed by atoms with E-state index in [1.54, 1.807) is 0 Å². The average molecular weight is 774 g/mol. The Morgan fingerprint density at radius 2 is 1.56 bits per heavy atom. The summed E-state index contributed by atoms with van der Waals surface area (Å²) in [6, 6.07) is 34.6. The lowest BCUT2D eigenvalue weighted by Gasteiger charge is -2.45. The molecular weight excluding hydrogens is 719 g/mol. The Labute approximate surface area is 335 Å². The van der Waals surface area contributed by atoms with Gasteiger partial charge in [0, 0.05) is 63.7 Å². The molecule has 3 saturated heterocycles. The Hall–Kier alpha value is -5.07. The smallest absolute Gasteiger partial charge is 0.247 e. The summed E-state index contributed by atoms with van der Waals surface area (Å²) < 4.78 is 13.4. The van der Waals surface area contributed by atoms with E-state index in [0.29, 0.717) is 32.6 Å². The summed E-state index contributed by atoms with van der Waals surface area (Å²) in [6.45, 7) is 5.38. The minimum atomic E-state index is -0.585. The molecule has 4 aromatic rings. The van der Waals surface area contributed by atoms with Gasteiger partial charge in [-0.25, -0.2) is 0 Å². The summed E-state index contributed by atoms with van der Waals surface area (Å²) in [5.74, 6) is 0.0961. The number of carbonyl (C=O) groups is 3. The molecule has 3 aliphatic heterocycles.